The maximum Gasteiger partial charge on any atom is 0.267 e. The van der Waals surface area contributed by atoms with Crippen molar-refractivity contribution >= 4 is 27.8 Å². The SMILES string of the molecule is CCN(CC)CCn1cc(-c2nc3c(C(=O)NN)cccc3[nH]2)c2ccccc21. The van der Waals surface area contributed by atoms with E-state index in [2.05, 4.69) is 58.1 Å². The maximum absolute atomic E-state index is 12.1. The number of imidazole rings is 1. The highest BCUT2D eigenvalue weighted by Crippen LogP contribution is 2.31. The Balaban J connectivity index is 1.79. The number of benzene rings is 2. The number of aromatic nitrogens is 3. The minimum Gasteiger partial charge on any atom is -0.345 e. The van der Waals surface area contributed by atoms with E-state index in [9.17, 15) is 4.79 Å². The average molecular weight is 390 g/mol. The first-order chi connectivity index (χ1) is 14.2. The van der Waals surface area contributed by atoms with E-state index in [1.54, 1.807) is 6.07 Å². The monoisotopic (exact) mass is 390 g/mol. The van der Waals surface area contributed by atoms with Gasteiger partial charge in [0.15, 0.2) is 0 Å². The van der Waals surface area contributed by atoms with Crippen molar-refractivity contribution in [2.75, 3.05) is 19.6 Å². The summed E-state index contributed by atoms with van der Waals surface area (Å²) in [5.41, 5.74) is 6.27. The van der Waals surface area contributed by atoms with Crippen LogP contribution in [0.5, 0.6) is 0 Å². The number of carbonyl (C=O) groups is 1. The van der Waals surface area contributed by atoms with Crippen LogP contribution in [0.25, 0.3) is 33.3 Å². The fourth-order valence-electron chi connectivity index (χ4n) is 3.83. The standard InChI is InChI=1S/C22H26N6O/c1-3-27(4-2)12-13-28-14-17(15-8-5-6-11-19(15)28)21-24-18-10-7-9-16(20(18)25-21)22(29)26-23/h5-11,14H,3-4,12-13,23H2,1-2H3,(H,24,25)(H,26,29). The first-order valence-electron chi connectivity index (χ1n) is 9.96. The molecule has 29 heavy (non-hydrogen) atoms. The van der Waals surface area contributed by atoms with Crippen molar-refractivity contribution < 1.29 is 4.79 Å². The molecule has 4 N–H and O–H groups in total. The van der Waals surface area contributed by atoms with Crippen LogP contribution in [0.3, 0.4) is 0 Å². The lowest BCUT2D eigenvalue weighted by atomic mass is 10.1. The van der Waals surface area contributed by atoms with Crippen LogP contribution in [0.2, 0.25) is 0 Å². The fourth-order valence-corrected chi connectivity index (χ4v) is 3.83. The third kappa shape index (κ3) is 3.50. The largest absolute Gasteiger partial charge is 0.345 e. The quantitative estimate of drug-likeness (QED) is 0.257. The van der Waals surface area contributed by atoms with Gasteiger partial charge in [-0.05, 0) is 31.3 Å². The van der Waals surface area contributed by atoms with Gasteiger partial charge in [-0.3, -0.25) is 10.2 Å². The van der Waals surface area contributed by atoms with E-state index in [1.165, 1.54) is 5.52 Å². The van der Waals surface area contributed by atoms with Crippen molar-refractivity contribution in [1.29, 1.82) is 0 Å². The van der Waals surface area contributed by atoms with Crippen LogP contribution < -0.4 is 11.3 Å². The molecule has 0 saturated carbocycles. The Hall–Kier alpha value is -3.16. The normalized spacial score (nSPS) is 11.6. The number of rotatable bonds is 7. The van der Waals surface area contributed by atoms with Gasteiger partial charge >= 0.3 is 0 Å². The molecule has 0 saturated heterocycles. The van der Waals surface area contributed by atoms with Crippen LogP contribution in [0, 0.1) is 0 Å². The highest BCUT2D eigenvalue weighted by atomic mass is 16.2. The van der Waals surface area contributed by atoms with Crippen molar-refractivity contribution in [2.45, 2.75) is 20.4 Å². The summed E-state index contributed by atoms with van der Waals surface area (Å²) in [5, 5.41) is 1.14. The summed E-state index contributed by atoms with van der Waals surface area (Å²) in [6.07, 6.45) is 2.15. The number of aromatic amines is 1. The van der Waals surface area contributed by atoms with Gasteiger partial charge in [0.1, 0.15) is 11.3 Å². The number of carbonyl (C=O) groups excluding carboxylic acids is 1. The zero-order valence-electron chi connectivity index (χ0n) is 16.8. The summed E-state index contributed by atoms with van der Waals surface area (Å²) < 4.78 is 2.28. The van der Waals surface area contributed by atoms with Gasteiger partial charge < -0.3 is 14.5 Å². The number of nitrogens with two attached hydrogens (primary N) is 1. The van der Waals surface area contributed by atoms with E-state index in [1.807, 2.05) is 18.2 Å². The number of nitrogens with zero attached hydrogens (tertiary/aromatic N) is 3. The number of hydrazine groups is 1. The Morgan fingerprint density at radius 1 is 1.17 bits per heavy atom. The predicted octanol–water partition coefficient (Wildman–Crippen LogP) is 3.13. The molecule has 0 radical (unpaired) electrons. The number of nitrogen functional groups attached to an aromatic ring is 1. The Kier molecular flexibility index (Phi) is 5.33. The zero-order valence-corrected chi connectivity index (χ0v) is 16.8. The molecule has 0 aliphatic carbocycles. The van der Waals surface area contributed by atoms with E-state index >= 15 is 0 Å². The third-order valence-electron chi connectivity index (χ3n) is 5.48. The molecule has 4 aromatic rings. The number of H-pyrrole nitrogens is 1. The van der Waals surface area contributed by atoms with Crippen LogP contribution in [0.4, 0.5) is 0 Å². The molecule has 0 aliphatic heterocycles. The van der Waals surface area contributed by atoms with Crippen LogP contribution in [0.15, 0.2) is 48.7 Å². The van der Waals surface area contributed by atoms with Gasteiger partial charge in [-0.15, -0.1) is 0 Å². The molecule has 0 atom stereocenters. The number of fused-ring (bicyclic) bond motifs is 2. The van der Waals surface area contributed by atoms with Crippen molar-refractivity contribution in [1.82, 2.24) is 24.9 Å². The Morgan fingerprint density at radius 3 is 2.72 bits per heavy atom. The Bertz CT molecular complexity index is 1150. The second-order valence-corrected chi connectivity index (χ2v) is 7.04. The van der Waals surface area contributed by atoms with E-state index in [4.69, 9.17) is 10.8 Å². The molecule has 0 bridgehead atoms. The van der Waals surface area contributed by atoms with Gasteiger partial charge in [0.25, 0.3) is 5.91 Å². The van der Waals surface area contributed by atoms with Gasteiger partial charge in [0, 0.05) is 35.8 Å². The van der Waals surface area contributed by atoms with Crippen LogP contribution >= 0.6 is 0 Å². The van der Waals surface area contributed by atoms with E-state index in [-0.39, 0.29) is 5.91 Å². The topological polar surface area (TPSA) is 92.0 Å². The molecule has 7 heteroatoms. The highest BCUT2D eigenvalue weighted by Gasteiger charge is 2.17. The lowest BCUT2D eigenvalue weighted by Gasteiger charge is -2.18. The van der Waals surface area contributed by atoms with Gasteiger partial charge in [0.05, 0.1) is 11.1 Å². The van der Waals surface area contributed by atoms with Crippen LogP contribution in [-0.4, -0.2) is 45.0 Å². The first-order valence-corrected chi connectivity index (χ1v) is 9.96. The molecule has 4 rings (SSSR count). The molecule has 2 aromatic carbocycles. The maximum atomic E-state index is 12.1. The molecule has 1 amide bonds. The van der Waals surface area contributed by atoms with Crippen LogP contribution in [0.1, 0.15) is 24.2 Å². The number of nitrogens with one attached hydrogen (secondary N) is 2. The highest BCUT2D eigenvalue weighted by molar-refractivity contribution is 6.06. The first kappa shape index (κ1) is 19.2. The zero-order chi connectivity index (χ0) is 20.4. The molecule has 7 nitrogen and oxygen atoms in total. The summed E-state index contributed by atoms with van der Waals surface area (Å²) in [5.74, 6) is 5.72. The number of hydrogen-bond donors (Lipinski definition) is 3. The lowest BCUT2D eigenvalue weighted by Crippen LogP contribution is -2.30. The third-order valence-corrected chi connectivity index (χ3v) is 5.48. The smallest absolute Gasteiger partial charge is 0.267 e. The summed E-state index contributed by atoms with van der Waals surface area (Å²) in [7, 11) is 0. The summed E-state index contributed by atoms with van der Waals surface area (Å²) in [6.45, 7) is 8.35. The number of para-hydroxylation sites is 2. The lowest BCUT2D eigenvalue weighted by molar-refractivity contribution is 0.0955. The van der Waals surface area contributed by atoms with Crippen LogP contribution in [-0.2, 0) is 6.54 Å². The molecule has 2 aromatic heterocycles. The number of amides is 1. The Morgan fingerprint density at radius 2 is 1.97 bits per heavy atom. The summed E-state index contributed by atoms with van der Waals surface area (Å²) in [6, 6.07) is 13.8. The molecule has 0 aliphatic rings. The number of likely N-dealkylation sites (N-methyl/N-ethyl adjacent to an activating group) is 1. The number of hydrogen-bond acceptors (Lipinski definition) is 4. The average Bonchev–Trinajstić information content (AvgIpc) is 3.35. The van der Waals surface area contributed by atoms with Gasteiger partial charge in [-0.25, -0.2) is 10.8 Å². The second kappa shape index (κ2) is 8.06. The van der Waals surface area contributed by atoms with E-state index in [0.29, 0.717) is 11.1 Å². The predicted molar refractivity (Wildman–Crippen MR) is 116 cm³/mol. The van der Waals surface area contributed by atoms with Crippen molar-refractivity contribution in [2.24, 2.45) is 5.84 Å². The van der Waals surface area contributed by atoms with Crippen molar-refractivity contribution in [3.8, 4) is 11.4 Å². The minimum absolute atomic E-state index is 0.352. The second-order valence-electron chi connectivity index (χ2n) is 7.04. The summed E-state index contributed by atoms with van der Waals surface area (Å²) >= 11 is 0. The summed E-state index contributed by atoms with van der Waals surface area (Å²) in [4.78, 5) is 22.6. The van der Waals surface area contributed by atoms with Gasteiger partial charge in [-0.1, -0.05) is 38.1 Å². The molecule has 0 unspecified atom stereocenters. The van der Waals surface area contributed by atoms with Gasteiger partial charge in [-0.2, -0.15) is 0 Å². The Labute approximate surface area is 169 Å². The fraction of sp³-hybridized carbons (Fsp3) is 0.273. The van der Waals surface area contributed by atoms with Crippen molar-refractivity contribution in [3.05, 3.63) is 54.2 Å². The molecular formula is C22H26N6O. The van der Waals surface area contributed by atoms with Crippen molar-refractivity contribution in [3.63, 3.8) is 0 Å². The molecular weight excluding hydrogens is 364 g/mol. The molecule has 150 valence electrons. The van der Waals surface area contributed by atoms with Gasteiger partial charge in [0.2, 0.25) is 0 Å². The van der Waals surface area contributed by atoms with E-state index in [0.717, 1.165) is 48.5 Å². The van der Waals surface area contributed by atoms with E-state index < -0.39 is 0 Å². The minimum atomic E-state index is -0.352. The molecule has 0 fully saturated rings. The molecule has 0 spiro atoms. The molecule has 2 heterocycles.